The normalized spacial score (nSPS) is 15.1. The Labute approximate surface area is 126 Å². The monoisotopic (exact) mass is 275 g/mol. The Morgan fingerprint density at radius 2 is 1.70 bits per heavy atom. The van der Waals surface area contributed by atoms with Gasteiger partial charge in [0.2, 0.25) is 0 Å². The highest BCUT2D eigenvalue weighted by atomic mass is 14.9. The van der Waals surface area contributed by atoms with Crippen LogP contribution in [0, 0.1) is 11.3 Å². The summed E-state index contributed by atoms with van der Waals surface area (Å²) in [5.74, 6) is 0.739. The molecule has 0 amide bonds. The first-order valence-electron chi connectivity index (χ1n) is 8.12. The number of hydrogen-bond donors (Lipinski definition) is 1. The molecule has 114 valence electrons. The number of nitrogens with one attached hydrogen (secondary N) is 1. The van der Waals surface area contributed by atoms with Gasteiger partial charge in [-0.3, -0.25) is 0 Å². The molecular formula is C19H33N. The predicted molar refractivity (Wildman–Crippen MR) is 90.1 cm³/mol. The van der Waals surface area contributed by atoms with Gasteiger partial charge in [0.15, 0.2) is 0 Å². The Bertz CT molecular complexity index is 372. The Morgan fingerprint density at radius 1 is 1.10 bits per heavy atom. The zero-order valence-electron chi connectivity index (χ0n) is 14.3. The summed E-state index contributed by atoms with van der Waals surface area (Å²) in [4.78, 5) is 0. The van der Waals surface area contributed by atoms with E-state index in [1.807, 2.05) is 0 Å². The summed E-state index contributed by atoms with van der Waals surface area (Å²) in [6.45, 7) is 11.6. The smallest absolute Gasteiger partial charge is 0.0320 e. The zero-order valence-corrected chi connectivity index (χ0v) is 14.3. The van der Waals surface area contributed by atoms with Gasteiger partial charge >= 0.3 is 0 Å². The van der Waals surface area contributed by atoms with E-state index in [1.165, 1.54) is 36.8 Å². The van der Waals surface area contributed by atoms with Crippen LogP contribution in [0.1, 0.15) is 71.0 Å². The number of hydrogen-bond acceptors (Lipinski definition) is 1. The van der Waals surface area contributed by atoms with Crippen LogP contribution in [0.15, 0.2) is 24.3 Å². The number of benzene rings is 1. The van der Waals surface area contributed by atoms with Crippen LogP contribution in [0.5, 0.6) is 0 Å². The van der Waals surface area contributed by atoms with E-state index in [9.17, 15) is 0 Å². The highest BCUT2D eigenvalue weighted by Gasteiger charge is 2.19. The van der Waals surface area contributed by atoms with Gasteiger partial charge in [-0.15, -0.1) is 0 Å². The molecule has 0 aliphatic heterocycles. The second kappa shape index (κ2) is 7.83. The zero-order chi connectivity index (χ0) is 15.2. The van der Waals surface area contributed by atoms with Crippen molar-refractivity contribution in [2.45, 2.75) is 66.3 Å². The van der Waals surface area contributed by atoms with Crippen LogP contribution in [0.3, 0.4) is 0 Å². The summed E-state index contributed by atoms with van der Waals surface area (Å²) in [7, 11) is 2.08. The van der Waals surface area contributed by atoms with E-state index < -0.39 is 0 Å². The molecule has 0 saturated heterocycles. The fraction of sp³-hybridized carbons (Fsp3) is 0.684. The van der Waals surface area contributed by atoms with Gasteiger partial charge in [0.25, 0.3) is 0 Å². The lowest BCUT2D eigenvalue weighted by Gasteiger charge is -2.27. The van der Waals surface area contributed by atoms with Crippen molar-refractivity contribution in [1.82, 2.24) is 5.32 Å². The third-order valence-corrected chi connectivity index (χ3v) is 3.87. The first-order chi connectivity index (χ1) is 9.35. The maximum atomic E-state index is 3.49. The lowest BCUT2D eigenvalue weighted by atomic mass is 9.82. The summed E-state index contributed by atoms with van der Waals surface area (Å²) in [6.07, 6.45) is 4.89. The predicted octanol–water partition coefficient (Wildman–Crippen LogP) is 5.36. The van der Waals surface area contributed by atoms with Crippen LogP contribution in [-0.2, 0) is 6.42 Å². The Balaban J connectivity index is 2.65. The lowest BCUT2D eigenvalue weighted by Crippen LogP contribution is -2.21. The molecule has 1 aromatic rings. The number of rotatable bonds is 7. The molecule has 0 saturated carbocycles. The Hall–Kier alpha value is -0.820. The molecule has 0 spiro atoms. The van der Waals surface area contributed by atoms with Crippen molar-refractivity contribution in [2.75, 3.05) is 7.05 Å². The van der Waals surface area contributed by atoms with E-state index in [2.05, 4.69) is 71.2 Å². The van der Waals surface area contributed by atoms with E-state index in [1.54, 1.807) is 0 Å². The van der Waals surface area contributed by atoms with Gasteiger partial charge in [0, 0.05) is 6.04 Å². The molecule has 1 nitrogen and oxygen atoms in total. The molecule has 20 heavy (non-hydrogen) atoms. The first-order valence-corrected chi connectivity index (χ1v) is 8.12. The van der Waals surface area contributed by atoms with Gasteiger partial charge in [0.05, 0.1) is 0 Å². The molecule has 0 heterocycles. The van der Waals surface area contributed by atoms with Gasteiger partial charge in [0.1, 0.15) is 0 Å². The fourth-order valence-electron chi connectivity index (χ4n) is 3.16. The maximum Gasteiger partial charge on any atom is 0.0320 e. The summed E-state index contributed by atoms with van der Waals surface area (Å²) in [5.41, 5.74) is 3.30. The van der Waals surface area contributed by atoms with Crippen molar-refractivity contribution in [3.63, 3.8) is 0 Å². The van der Waals surface area contributed by atoms with Crippen LogP contribution in [0.25, 0.3) is 0 Å². The minimum absolute atomic E-state index is 0.419. The lowest BCUT2D eigenvalue weighted by molar-refractivity contribution is 0.279. The highest BCUT2D eigenvalue weighted by molar-refractivity contribution is 5.25. The minimum Gasteiger partial charge on any atom is -0.313 e. The third-order valence-electron chi connectivity index (χ3n) is 3.87. The summed E-state index contributed by atoms with van der Waals surface area (Å²) in [5, 5.41) is 3.49. The van der Waals surface area contributed by atoms with E-state index in [0.29, 0.717) is 11.5 Å². The minimum atomic E-state index is 0.419. The van der Waals surface area contributed by atoms with Crippen LogP contribution >= 0.6 is 0 Å². The molecule has 0 radical (unpaired) electrons. The quantitative estimate of drug-likeness (QED) is 0.706. The van der Waals surface area contributed by atoms with Gasteiger partial charge in [-0.05, 0) is 48.8 Å². The summed E-state index contributed by atoms with van der Waals surface area (Å²) in [6, 6.07) is 9.66. The average Bonchev–Trinajstić information content (AvgIpc) is 2.35. The van der Waals surface area contributed by atoms with Crippen molar-refractivity contribution < 1.29 is 0 Å². The van der Waals surface area contributed by atoms with Gasteiger partial charge < -0.3 is 5.32 Å². The molecule has 0 bridgehead atoms. The second-order valence-electron chi connectivity index (χ2n) is 7.44. The molecular weight excluding hydrogens is 242 g/mol. The standard InChI is InChI=1S/C19H33N/c1-7-8-16-9-11-17(12-10-16)18(20-6)13-15(2)14-19(3,4)5/h9-12,15,18,20H,7-8,13-14H2,1-6H3. The molecule has 2 unspecified atom stereocenters. The van der Waals surface area contributed by atoms with E-state index >= 15 is 0 Å². The van der Waals surface area contributed by atoms with Crippen molar-refractivity contribution in [3.05, 3.63) is 35.4 Å². The van der Waals surface area contributed by atoms with Crippen molar-refractivity contribution in [1.29, 1.82) is 0 Å². The van der Waals surface area contributed by atoms with Gasteiger partial charge in [-0.2, -0.15) is 0 Å². The molecule has 2 atom stereocenters. The van der Waals surface area contributed by atoms with Crippen molar-refractivity contribution in [2.24, 2.45) is 11.3 Å². The van der Waals surface area contributed by atoms with E-state index in [-0.39, 0.29) is 0 Å². The summed E-state index contributed by atoms with van der Waals surface area (Å²) >= 11 is 0. The third kappa shape index (κ3) is 6.09. The van der Waals surface area contributed by atoms with Crippen LogP contribution in [-0.4, -0.2) is 7.05 Å². The molecule has 0 fully saturated rings. The fourth-order valence-corrected chi connectivity index (χ4v) is 3.16. The van der Waals surface area contributed by atoms with Gasteiger partial charge in [-0.25, -0.2) is 0 Å². The molecule has 1 N–H and O–H groups in total. The summed E-state index contributed by atoms with van der Waals surface area (Å²) < 4.78 is 0. The SMILES string of the molecule is CCCc1ccc(C(CC(C)CC(C)(C)C)NC)cc1. The topological polar surface area (TPSA) is 12.0 Å². The highest BCUT2D eigenvalue weighted by Crippen LogP contribution is 2.30. The maximum absolute atomic E-state index is 3.49. The first kappa shape index (κ1) is 17.2. The average molecular weight is 275 g/mol. The van der Waals surface area contributed by atoms with Crippen molar-refractivity contribution >= 4 is 0 Å². The molecule has 1 aromatic carbocycles. The largest absolute Gasteiger partial charge is 0.313 e. The second-order valence-corrected chi connectivity index (χ2v) is 7.44. The van der Waals surface area contributed by atoms with E-state index in [0.717, 1.165) is 5.92 Å². The molecule has 0 aliphatic rings. The Kier molecular flexibility index (Phi) is 6.75. The van der Waals surface area contributed by atoms with Crippen LogP contribution in [0.4, 0.5) is 0 Å². The Morgan fingerprint density at radius 3 is 2.15 bits per heavy atom. The van der Waals surface area contributed by atoms with Crippen molar-refractivity contribution in [3.8, 4) is 0 Å². The van der Waals surface area contributed by atoms with E-state index in [4.69, 9.17) is 0 Å². The van der Waals surface area contributed by atoms with Crippen LogP contribution < -0.4 is 5.32 Å². The number of aryl methyl sites for hydroxylation is 1. The van der Waals surface area contributed by atoms with Crippen LogP contribution in [0.2, 0.25) is 0 Å². The van der Waals surface area contributed by atoms with Gasteiger partial charge in [-0.1, -0.05) is 65.3 Å². The molecule has 0 aromatic heterocycles. The molecule has 1 heteroatoms. The molecule has 1 rings (SSSR count). The molecule has 0 aliphatic carbocycles.